The SMILES string of the molecule is CCN1CCC(N(Cc2ccc(-c3ccc(Cl)cc3)cc2)C(=O)Cn2c(CCc3cccc(F)c3F)cc(=O)c3ccccc32)CC1.O=C(O)[C@H](O)[C@@H](O)C(=O)O. The van der Waals surface area contributed by atoms with E-state index in [-0.39, 0.29) is 42.3 Å². The van der Waals surface area contributed by atoms with E-state index in [1.165, 1.54) is 12.1 Å². The maximum absolute atomic E-state index is 14.5. The molecule has 2 atom stereocenters. The van der Waals surface area contributed by atoms with Gasteiger partial charge in [0.15, 0.2) is 29.3 Å². The van der Waals surface area contributed by atoms with Crippen molar-refractivity contribution in [3.8, 4) is 11.1 Å². The van der Waals surface area contributed by atoms with Crippen LogP contribution in [-0.2, 0) is 40.3 Å². The van der Waals surface area contributed by atoms with Gasteiger partial charge < -0.3 is 34.8 Å². The zero-order chi connectivity index (χ0) is 41.2. The van der Waals surface area contributed by atoms with Crippen LogP contribution in [0.3, 0.4) is 0 Å². The van der Waals surface area contributed by atoms with Gasteiger partial charge in [0.2, 0.25) is 5.91 Å². The van der Waals surface area contributed by atoms with Crippen LogP contribution < -0.4 is 5.43 Å². The van der Waals surface area contributed by atoms with Crippen molar-refractivity contribution in [1.29, 1.82) is 0 Å². The third-order valence-corrected chi connectivity index (χ3v) is 10.4. The van der Waals surface area contributed by atoms with E-state index in [0.29, 0.717) is 28.2 Å². The van der Waals surface area contributed by atoms with E-state index < -0.39 is 35.8 Å². The van der Waals surface area contributed by atoms with Gasteiger partial charge in [-0.05, 0) is 84.8 Å². The van der Waals surface area contributed by atoms with Gasteiger partial charge in [-0.1, -0.05) is 79.2 Å². The van der Waals surface area contributed by atoms with E-state index >= 15 is 0 Å². The second-order valence-corrected chi connectivity index (χ2v) is 14.2. The monoisotopic (exact) mass is 803 g/mol. The number of fused-ring (bicyclic) bond motifs is 1. The molecule has 4 aromatic carbocycles. The van der Waals surface area contributed by atoms with Crippen LogP contribution in [0.25, 0.3) is 22.0 Å². The van der Waals surface area contributed by atoms with Gasteiger partial charge in [-0.15, -0.1) is 0 Å². The summed E-state index contributed by atoms with van der Waals surface area (Å²) in [6.45, 7) is 5.46. The third-order valence-electron chi connectivity index (χ3n) is 10.1. The molecule has 0 bridgehead atoms. The number of pyridine rings is 1. The predicted octanol–water partition coefficient (Wildman–Crippen LogP) is 5.78. The fourth-order valence-electron chi connectivity index (χ4n) is 6.88. The van der Waals surface area contributed by atoms with Crippen LogP contribution in [0.15, 0.2) is 102 Å². The van der Waals surface area contributed by atoms with E-state index in [1.54, 1.807) is 18.2 Å². The van der Waals surface area contributed by atoms with Crippen LogP contribution in [0.1, 0.15) is 36.6 Å². The Balaban J connectivity index is 0.000000548. The third kappa shape index (κ3) is 10.9. The maximum Gasteiger partial charge on any atom is 0.335 e. The Morgan fingerprint density at radius 3 is 2.02 bits per heavy atom. The first-order valence-electron chi connectivity index (χ1n) is 18.5. The largest absolute Gasteiger partial charge is 0.479 e. The first-order chi connectivity index (χ1) is 27.3. The number of likely N-dealkylation sites (tertiary alicyclic amines) is 1. The van der Waals surface area contributed by atoms with Crippen molar-refractivity contribution in [3.63, 3.8) is 0 Å². The molecule has 0 aliphatic carbocycles. The van der Waals surface area contributed by atoms with E-state index in [9.17, 15) is 28.0 Å². The minimum Gasteiger partial charge on any atom is -0.479 e. The number of aliphatic carboxylic acids is 2. The number of nitrogens with zero attached hydrogens (tertiary/aromatic N) is 3. The predicted molar refractivity (Wildman–Crippen MR) is 212 cm³/mol. The second-order valence-electron chi connectivity index (χ2n) is 13.8. The minimum absolute atomic E-state index is 0.0264. The van der Waals surface area contributed by atoms with Crippen molar-refractivity contribution in [2.24, 2.45) is 0 Å². The normalized spacial score (nSPS) is 14.4. The molecule has 1 amide bonds. The van der Waals surface area contributed by atoms with Crippen molar-refractivity contribution < 1.29 is 43.6 Å². The topological polar surface area (TPSA) is 161 Å². The molecule has 14 heteroatoms. The number of carbonyl (C=O) groups excluding carboxylic acids is 1. The second kappa shape index (κ2) is 19.6. The smallest absolute Gasteiger partial charge is 0.335 e. The van der Waals surface area contributed by atoms with Gasteiger partial charge in [-0.2, -0.15) is 0 Å². The number of halogens is 3. The lowest BCUT2D eigenvalue weighted by Crippen LogP contribution is -2.48. The number of hydrogen-bond donors (Lipinski definition) is 4. The zero-order valence-electron chi connectivity index (χ0n) is 31.2. The highest BCUT2D eigenvalue weighted by Gasteiger charge is 2.30. The average molecular weight is 804 g/mol. The quantitative estimate of drug-likeness (QED) is 0.116. The molecular weight excluding hydrogens is 760 g/mol. The summed E-state index contributed by atoms with van der Waals surface area (Å²) < 4.78 is 30.4. The average Bonchev–Trinajstić information content (AvgIpc) is 3.21. The summed E-state index contributed by atoms with van der Waals surface area (Å²) in [6, 6.07) is 29.0. The minimum atomic E-state index is -2.27. The molecule has 0 saturated carbocycles. The van der Waals surface area contributed by atoms with Crippen molar-refractivity contribution in [2.45, 2.75) is 63.9 Å². The Labute approximate surface area is 333 Å². The number of benzene rings is 4. The molecule has 11 nitrogen and oxygen atoms in total. The van der Waals surface area contributed by atoms with Gasteiger partial charge in [-0.3, -0.25) is 9.59 Å². The van der Waals surface area contributed by atoms with Gasteiger partial charge in [0, 0.05) is 47.8 Å². The molecule has 0 radical (unpaired) electrons. The Morgan fingerprint density at radius 2 is 1.42 bits per heavy atom. The lowest BCUT2D eigenvalue weighted by atomic mass is 10.0. The van der Waals surface area contributed by atoms with E-state index in [4.69, 9.17) is 32.0 Å². The molecule has 0 spiro atoms. The number of carbonyl (C=O) groups is 3. The van der Waals surface area contributed by atoms with Crippen LogP contribution in [0.2, 0.25) is 5.02 Å². The zero-order valence-corrected chi connectivity index (χ0v) is 32.0. The molecule has 1 saturated heterocycles. The molecule has 4 N–H and O–H groups in total. The van der Waals surface area contributed by atoms with Crippen LogP contribution in [-0.4, -0.2) is 90.5 Å². The van der Waals surface area contributed by atoms with Crippen LogP contribution in [0, 0.1) is 11.6 Å². The molecule has 1 aromatic heterocycles. The van der Waals surface area contributed by atoms with Crippen molar-refractivity contribution >= 4 is 40.3 Å². The standard InChI is InChI=1S/C39H38ClF2N3O2.C4H6O6/c1-2-43-22-20-32(21-23-43)45(25-27-10-12-28(13-11-27)29-14-17-31(40)18-15-29)38(47)26-44-33(19-16-30-6-5-8-35(41)39(30)42)24-37(46)34-7-3-4-9-36(34)44;5-1(3(7)8)2(6)4(9)10/h3-15,17-18,24,32H,2,16,19-23,25-26H2,1H3;1-2,5-6H,(H,7,8)(H,9,10)/t;1-,2-/m.1/s1. The van der Waals surface area contributed by atoms with E-state index in [0.717, 1.165) is 55.2 Å². The number of hydrogen-bond acceptors (Lipinski definition) is 7. The first-order valence-corrected chi connectivity index (χ1v) is 18.9. The lowest BCUT2D eigenvalue weighted by Gasteiger charge is -2.38. The summed E-state index contributed by atoms with van der Waals surface area (Å²) in [5.41, 5.74) is 4.49. The first kappa shape index (κ1) is 42.7. The van der Waals surface area contributed by atoms with Gasteiger partial charge in [-0.25, -0.2) is 18.4 Å². The number of carboxylic acids is 2. The van der Waals surface area contributed by atoms with Crippen LogP contribution in [0.4, 0.5) is 8.78 Å². The number of carboxylic acid groups (broad SMARTS) is 2. The molecule has 0 unspecified atom stereocenters. The number of rotatable bonds is 13. The van der Waals surface area contributed by atoms with Crippen molar-refractivity contribution in [3.05, 3.63) is 141 Å². The molecule has 5 aromatic rings. The Hall–Kier alpha value is -5.47. The Morgan fingerprint density at radius 1 is 0.825 bits per heavy atom. The fourth-order valence-corrected chi connectivity index (χ4v) is 7.01. The number of aliphatic hydroxyl groups excluding tert-OH is 2. The number of aliphatic hydroxyl groups is 2. The number of piperidine rings is 1. The van der Waals surface area contributed by atoms with Crippen molar-refractivity contribution in [1.82, 2.24) is 14.4 Å². The molecule has 2 heterocycles. The fraction of sp³-hybridized carbons (Fsp3) is 0.302. The van der Waals surface area contributed by atoms with Gasteiger partial charge in [0.05, 0.1) is 5.52 Å². The Kier molecular flexibility index (Phi) is 14.7. The summed E-state index contributed by atoms with van der Waals surface area (Å²) in [4.78, 5) is 51.5. The summed E-state index contributed by atoms with van der Waals surface area (Å²) in [6.07, 6.45) is -2.32. The maximum atomic E-state index is 14.5. The highest BCUT2D eigenvalue weighted by atomic mass is 35.5. The van der Waals surface area contributed by atoms with Crippen LogP contribution in [0.5, 0.6) is 0 Å². The molecule has 300 valence electrons. The van der Waals surface area contributed by atoms with Gasteiger partial charge in [0.25, 0.3) is 0 Å². The molecule has 1 fully saturated rings. The Bertz CT molecular complexity index is 2230. The highest BCUT2D eigenvalue weighted by Crippen LogP contribution is 2.25. The van der Waals surface area contributed by atoms with E-state index in [2.05, 4.69) is 36.1 Å². The molecule has 6 rings (SSSR count). The summed E-state index contributed by atoms with van der Waals surface area (Å²) in [7, 11) is 0. The molecule has 57 heavy (non-hydrogen) atoms. The summed E-state index contributed by atoms with van der Waals surface area (Å²) >= 11 is 6.08. The number of amides is 1. The molecule has 1 aliphatic heterocycles. The molecule has 1 aliphatic rings. The van der Waals surface area contributed by atoms with Gasteiger partial charge in [0.1, 0.15) is 6.54 Å². The van der Waals surface area contributed by atoms with Crippen molar-refractivity contribution in [2.75, 3.05) is 19.6 Å². The summed E-state index contributed by atoms with van der Waals surface area (Å²) in [5.74, 6) is -5.37. The lowest BCUT2D eigenvalue weighted by molar-refractivity contribution is -0.165. The van der Waals surface area contributed by atoms with E-state index in [1.807, 2.05) is 45.9 Å². The van der Waals surface area contributed by atoms with Crippen LogP contribution >= 0.6 is 11.6 Å². The number of aromatic nitrogens is 1. The summed E-state index contributed by atoms with van der Waals surface area (Å²) in [5, 5.41) is 33.7. The number of para-hydroxylation sites is 1. The highest BCUT2D eigenvalue weighted by molar-refractivity contribution is 6.30. The van der Waals surface area contributed by atoms with Gasteiger partial charge >= 0.3 is 11.9 Å². The molecular formula is C43H44ClF2N3O8. The number of aryl methyl sites for hydroxylation is 2.